The molecule has 0 spiro atoms. The quantitative estimate of drug-likeness (QED) is 0.693. The second-order valence-corrected chi connectivity index (χ2v) is 9.67. The molecule has 0 radical (unpaired) electrons. The summed E-state index contributed by atoms with van der Waals surface area (Å²) in [7, 11) is -2.39. The average molecular weight is 435 g/mol. The summed E-state index contributed by atoms with van der Waals surface area (Å²) in [5.74, 6) is 0.918. The number of rotatable bonds is 6. The Morgan fingerprint density at radius 3 is 2.52 bits per heavy atom. The van der Waals surface area contributed by atoms with Crippen molar-refractivity contribution in [1.82, 2.24) is 4.90 Å². The standard InChI is InChI=1S/C21H26N2O4S2/c1-15-10-12-23(13-11-15)21(24)17-14-16(8-9-20(17)28-3)29(25,26)22-18-6-4-5-7-19(18)27-2/h4-9,14-15,22H,10-13H2,1-3H3. The Balaban J connectivity index is 1.92. The molecule has 0 unspecified atom stereocenters. The van der Waals surface area contributed by atoms with Gasteiger partial charge >= 0.3 is 0 Å². The number of benzene rings is 2. The van der Waals surface area contributed by atoms with Crippen molar-refractivity contribution in [2.24, 2.45) is 5.92 Å². The maximum Gasteiger partial charge on any atom is 0.262 e. The minimum absolute atomic E-state index is 0.0509. The second-order valence-electron chi connectivity index (χ2n) is 7.14. The van der Waals surface area contributed by atoms with E-state index in [1.54, 1.807) is 30.3 Å². The number of likely N-dealkylation sites (tertiary alicyclic amines) is 1. The van der Waals surface area contributed by atoms with Gasteiger partial charge in [-0.25, -0.2) is 8.42 Å². The number of nitrogens with one attached hydrogen (secondary N) is 1. The molecule has 1 amide bonds. The van der Waals surface area contributed by atoms with Crippen LogP contribution in [0.25, 0.3) is 0 Å². The molecule has 1 N–H and O–H groups in total. The van der Waals surface area contributed by atoms with Crippen LogP contribution in [-0.4, -0.2) is 45.7 Å². The van der Waals surface area contributed by atoms with E-state index in [9.17, 15) is 13.2 Å². The monoisotopic (exact) mass is 434 g/mol. The Kier molecular flexibility index (Phi) is 6.74. The van der Waals surface area contributed by atoms with Crippen LogP contribution in [0, 0.1) is 5.92 Å². The van der Waals surface area contributed by atoms with Crippen molar-refractivity contribution < 1.29 is 17.9 Å². The molecular formula is C21H26N2O4S2. The van der Waals surface area contributed by atoms with Crippen molar-refractivity contribution in [3.05, 3.63) is 48.0 Å². The molecule has 0 atom stereocenters. The molecule has 1 saturated heterocycles. The highest BCUT2D eigenvalue weighted by Crippen LogP contribution is 2.30. The van der Waals surface area contributed by atoms with Crippen LogP contribution in [0.2, 0.25) is 0 Å². The molecule has 2 aromatic rings. The largest absolute Gasteiger partial charge is 0.495 e. The Labute approximate surface area is 176 Å². The summed E-state index contributed by atoms with van der Waals surface area (Å²) < 4.78 is 33.7. The number of para-hydroxylation sites is 2. The van der Waals surface area contributed by atoms with Crippen molar-refractivity contribution >= 4 is 33.4 Å². The Morgan fingerprint density at radius 2 is 1.86 bits per heavy atom. The van der Waals surface area contributed by atoms with Gasteiger partial charge in [0.15, 0.2) is 0 Å². The molecule has 2 aromatic carbocycles. The van der Waals surface area contributed by atoms with E-state index in [0.717, 1.165) is 17.7 Å². The number of sulfonamides is 1. The van der Waals surface area contributed by atoms with Gasteiger partial charge < -0.3 is 9.64 Å². The number of piperidine rings is 1. The average Bonchev–Trinajstić information content (AvgIpc) is 2.73. The predicted molar refractivity (Wildman–Crippen MR) is 116 cm³/mol. The van der Waals surface area contributed by atoms with Crippen LogP contribution in [0.15, 0.2) is 52.3 Å². The van der Waals surface area contributed by atoms with E-state index in [4.69, 9.17) is 4.74 Å². The molecule has 8 heteroatoms. The lowest BCUT2D eigenvalue weighted by Crippen LogP contribution is -2.38. The van der Waals surface area contributed by atoms with E-state index < -0.39 is 10.0 Å². The van der Waals surface area contributed by atoms with Gasteiger partial charge in [0.05, 0.1) is 23.3 Å². The van der Waals surface area contributed by atoms with E-state index in [1.165, 1.54) is 31.0 Å². The highest BCUT2D eigenvalue weighted by atomic mass is 32.2. The second kappa shape index (κ2) is 9.09. The first-order valence-electron chi connectivity index (χ1n) is 9.49. The van der Waals surface area contributed by atoms with Crippen LogP contribution in [0.1, 0.15) is 30.1 Å². The topological polar surface area (TPSA) is 75.7 Å². The van der Waals surface area contributed by atoms with Crippen LogP contribution in [0.4, 0.5) is 5.69 Å². The van der Waals surface area contributed by atoms with Gasteiger partial charge in [-0.1, -0.05) is 19.1 Å². The minimum Gasteiger partial charge on any atom is -0.495 e. The van der Waals surface area contributed by atoms with Crippen molar-refractivity contribution in [3.8, 4) is 5.75 Å². The van der Waals surface area contributed by atoms with Crippen LogP contribution in [-0.2, 0) is 10.0 Å². The number of anilines is 1. The lowest BCUT2D eigenvalue weighted by molar-refractivity contribution is 0.0693. The molecular weight excluding hydrogens is 408 g/mol. The normalized spacial score (nSPS) is 15.2. The maximum absolute atomic E-state index is 13.1. The number of nitrogens with zero attached hydrogens (tertiary/aromatic N) is 1. The van der Waals surface area contributed by atoms with Gasteiger partial charge in [-0.2, -0.15) is 0 Å². The number of thioether (sulfide) groups is 1. The highest BCUT2D eigenvalue weighted by Gasteiger charge is 2.25. The van der Waals surface area contributed by atoms with E-state index in [0.29, 0.717) is 36.0 Å². The van der Waals surface area contributed by atoms with Crippen LogP contribution in [0.5, 0.6) is 5.75 Å². The zero-order valence-corrected chi connectivity index (χ0v) is 18.5. The van der Waals surface area contributed by atoms with Crippen LogP contribution < -0.4 is 9.46 Å². The lowest BCUT2D eigenvalue weighted by atomic mass is 9.98. The van der Waals surface area contributed by atoms with Gasteiger partial charge in [-0.05, 0) is 55.3 Å². The first-order chi connectivity index (χ1) is 13.9. The number of carbonyl (C=O) groups excluding carboxylic acids is 1. The van der Waals surface area contributed by atoms with Gasteiger partial charge in [-0.15, -0.1) is 11.8 Å². The van der Waals surface area contributed by atoms with Gasteiger partial charge in [0, 0.05) is 18.0 Å². The lowest BCUT2D eigenvalue weighted by Gasteiger charge is -2.30. The summed E-state index contributed by atoms with van der Waals surface area (Å²) in [6.07, 6.45) is 3.81. The molecule has 0 bridgehead atoms. The zero-order valence-electron chi connectivity index (χ0n) is 16.8. The van der Waals surface area contributed by atoms with E-state index in [2.05, 4.69) is 11.6 Å². The third-order valence-corrected chi connectivity index (χ3v) is 7.29. The molecule has 1 fully saturated rings. The van der Waals surface area contributed by atoms with Crippen molar-refractivity contribution in [1.29, 1.82) is 0 Å². The molecule has 1 heterocycles. The molecule has 156 valence electrons. The molecule has 0 aromatic heterocycles. The van der Waals surface area contributed by atoms with Crippen molar-refractivity contribution in [2.75, 3.05) is 31.2 Å². The number of methoxy groups -OCH3 is 1. The van der Waals surface area contributed by atoms with Gasteiger partial charge in [-0.3, -0.25) is 9.52 Å². The minimum atomic E-state index is -3.88. The van der Waals surface area contributed by atoms with Gasteiger partial charge in [0.2, 0.25) is 0 Å². The summed E-state index contributed by atoms with van der Waals surface area (Å²) in [6, 6.07) is 11.5. The summed E-state index contributed by atoms with van der Waals surface area (Å²) in [6.45, 7) is 3.58. The molecule has 3 rings (SSSR count). The smallest absolute Gasteiger partial charge is 0.262 e. The zero-order chi connectivity index (χ0) is 21.0. The van der Waals surface area contributed by atoms with Gasteiger partial charge in [0.25, 0.3) is 15.9 Å². The summed E-state index contributed by atoms with van der Waals surface area (Å²) >= 11 is 1.43. The Bertz CT molecular complexity index is 984. The first-order valence-corrected chi connectivity index (χ1v) is 12.2. The SMILES string of the molecule is COc1ccccc1NS(=O)(=O)c1ccc(SC)c(C(=O)N2CCC(C)CC2)c1. The first kappa shape index (κ1) is 21.5. The van der Waals surface area contributed by atoms with Crippen molar-refractivity contribution in [3.63, 3.8) is 0 Å². The fraction of sp³-hybridized carbons (Fsp3) is 0.381. The molecule has 29 heavy (non-hydrogen) atoms. The Morgan fingerprint density at radius 1 is 1.17 bits per heavy atom. The molecule has 6 nitrogen and oxygen atoms in total. The third-order valence-electron chi connectivity index (χ3n) is 5.13. The number of carbonyl (C=O) groups is 1. The summed E-state index contributed by atoms with van der Waals surface area (Å²) in [5, 5.41) is 0. The number of ether oxygens (including phenoxy) is 1. The molecule has 0 saturated carbocycles. The van der Waals surface area contributed by atoms with Crippen molar-refractivity contribution in [2.45, 2.75) is 29.6 Å². The molecule has 1 aliphatic rings. The van der Waals surface area contributed by atoms with E-state index in [1.807, 2.05) is 11.2 Å². The van der Waals surface area contributed by atoms with Crippen LogP contribution >= 0.6 is 11.8 Å². The molecule has 0 aliphatic carbocycles. The summed E-state index contributed by atoms with van der Waals surface area (Å²) in [4.78, 5) is 15.7. The molecule has 1 aliphatic heterocycles. The highest BCUT2D eigenvalue weighted by molar-refractivity contribution is 7.98. The summed E-state index contributed by atoms with van der Waals surface area (Å²) in [5.41, 5.74) is 0.775. The maximum atomic E-state index is 13.1. The fourth-order valence-electron chi connectivity index (χ4n) is 3.34. The number of hydrogen-bond acceptors (Lipinski definition) is 5. The van der Waals surface area contributed by atoms with Crippen LogP contribution in [0.3, 0.4) is 0 Å². The van der Waals surface area contributed by atoms with E-state index >= 15 is 0 Å². The van der Waals surface area contributed by atoms with E-state index in [-0.39, 0.29) is 10.8 Å². The van der Waals surface area contributed by atoms with Gasteiger partial charge in [0.1, 0.15) is 5.75 Å². The predicted octanol–water partition coefficient (Wildman–Crippen LogP) is 4.09. The number of amides is 1. The number of hydrogen-bond donors (Lipinski definition) is 1. The Hall–Kier alpha value is -2.19. The fourth-order valence-corrected chi connectivity index (χ4v) is 5.00. The third kappa shape index (κ3) is 4.87.